The molecule has 222 valence electrons. The van der Waals surface area contributed by atoms with Crippen molar-refractivity contribution in [3.8, 4) is 0 Å². The number of nitro benzene ring substituents is 1. The number of hydrogen-bond acceptors (Lipinski definition) is 7. The van der Waals surface area contributed by atoms with Gasteiger partial charge in [0.1, 0.15) is 0 Å². The molecule has 3 aliphatic heterocycles. The Hall–Kier alpha value is -4.09. The molecule has 0 aromatic heterocycles. The third-order valence-corrected chi connectivity index (χ3v) is 8.66. The first-order valence-electron chi connectivity index (χ1n) is 14.4. The van der Waals surface area contributed by atoms with Gasteiger partial charge in [-0.25, -0.2) is 0 Å². The summed E-state index contributed by atoms with van der Waals surface area (Å²) in [5, 5.41) is 33.0. The van der Waals surface area contributed by atoms with E-state index in [0.29, 0.717) is 25.2 Å². The van der Waals surface area contributed by atoms with Crippen molar-refractivity contribution >= 4 is 34.8 Å². The molecule has 11 nitrogen and oxygen atoms in total. The van der Waals surface area contributed by atoms with Crippen LogP contribution in [-0.2, 0) is 26.5 Å². The minimum Gasteiger partial charge on any atom is -0.394 e. The van der Waals surface area contributed by atoms with Crippen molar-refractivity contribution < 1.29 is 29.5 Å². The molecule has 0 aliphatic carbocycles. The van der Waals surface area contributed by atoms with Crippen LogP contribution in [0.15, 0.2) is 54.6 Å². The predicted octanol–water partition coefficient (Wildman–Crippen LogP) is 3.41. The zero-order valence-electron chi connectivity index (χ0n) is 23.6. The molecule has 2 saturated heterocycles. The normalized spacial score (nSPS) is 23.1. The van der Waals surface area contributed by atoms with E-state index in [0.717, 1.165) is 36.9 Å². The number of fused-ring (bicyclic) bond motifs is 1. The highest BCUT2D eigenvalue weighted by molar-refractivity contribution is 6.07. The molecule has 3 atom stereocenters. The highest BCUT2D eigenvalue weighted by atomic mass is 16.6. The maximum Gasteiger partial charge on any atom is 0.269 e. The molecule has 0 unspecified atom stereocenters. The number of benzene rings is 2. The van der Waals surface area contributed by atoms with E-state index < -0.39 is 22.3 Å². The molecule has 2 aromatic rings. The lowest BCUT2D eigenvalue weighted by atomic mass is 9.82. The van der Waals surface area contributed by atoms with Gasteiger partial charge in [0.05, 0.1) is 29.8 Å². The van der Waals surface area contributed by atoms with Crippen LogP contribution in [0.3, 0.4) is 0 Å². The van der Waals surface area contributed by atoms with Crippen LogP contribution in [0.1, 0.15) is 56.6 Å². The molecule has 42 heavy (non-hydrogen) atoms. The lowest BCUT2D eigenvalue weighted by molar-refractivity contribution is -0.385. The van der Waals surface area contributed by atoms with Gasteiger partial charge in [-0.05, 0) is 49.4 Å². The second-order valence-electron chi connectivity index (χ2n) is 11.3. The maximum atomic E-state index is 13.9. The van der Waals surface area contributed by atoms with Crippen molar-refractivity contribution in [2.24, 2.45) is 5.92 Å². The van der Waals surface area contributed by atoms with Crippen LogP contribution in [0.25, 0.3) is 0 Å². The quantitative estimate of drug-likeness (QED) is 0.264. The summed E-state index contributed by atoms with van der Waals surface area (Å²) in [6.07, 6.45) is 7.17. The third-order valence-electron chi connectivity index (χ3n) is 8.66. The second kappa shape index (κ2) is 12.0. The van der Waals surface area contributed by atoms with Gasteiger partial charge in [-0.2, -0.15) is 0 Å². The number of aliphatic hydroxyl groups is 2. The molecular formula is C31H36N4O7. The number of carbonyl (C=O) groups is 3. The minimum absolute atomic E-state index is 0.0441. The van der Waals surface area contributed by atoms with E-state index in [1.54, 1.807) is 28.9 Å². The Morgan fingerprint density at radius 3 is 2.60 bits per heavy atom. The van der Waals surface area contributed by atoms with Crippen molar-refractivity contribution in [3.63, 3.8) is 0 Å². The predicted molar refractivity (Wildman–Crippen MR) is 156 cm³/mol. The Morgan fingerprint density at radius 2 is 1.90 bits per heavy atom. The number of nitro groups is 1. The van der Waals surface area contributed by atoms with Crippen LogP contribution in [0.5, 0.6) is 0 Å². The summed E-state index contributed by atoms with van der Waals surface area (Å²) in [7, 11) is 0. The topological polar surface area (TPSA) is 145 Å². The molecule has 3 heterocycles. The number of carbonyl (C=O) groups excluding carboxylic acids is 3. The number of aliphatic hydroxyl groups excluding tert-OH is 1. The number of amides is 3. The van der Waals surface area contributed by atoms with Gasteiger partial charge in [0.15, 0.2) is 5.60 Å². The summed E-state index contributed by atoms with van der Waals surface area (Å²) >= 11 is 0. The summed E-state index contributed by atoms with van der Waals surface area (Å²) in [6.45, 7) is 2.91. The fourth-order valence-electron chi connectivity index (χ4n) is 6.23. The van der Waals surface area contributed by atoms with Gasteiger partial charge < -0.3 is 24.9 Å². The van der Waals surface area contributed by atoms with E-state index in [9.17, 15) is 34.7 Å². The Labute approximate surface area is 244 Å². The van der Waals surface area contributed by atoms with Crippen molar-refractivity contribution in [1.29, 1.82) is 0 Å². The van der Waals surface area contributed by atoms with E-state index in [4.69, 9.17) is 0 Å². The first kappa shape index (κ1) is 29.4. The second-order valence-corrected chi connectivity index (χ2v) is 11.3. The van der Waals surface area contributed by atoms with Crippen LogP contribution < -0.4 is 9.80 Å². The van der Waals surface area contributed by atoms with Gasteiger partial charge >= 0.3 is 0 Å². The highest BCUT2D eigenvalue weighted by Gasteiger charge is 2.53. The molecular weight excluding hydrogens is 540 g/mol. The number of hydrogen-bond donors (Lipinski definition) is 2. The van der Waals surface area contributed by atoms with Gasteiger partial charge in [-0.15, -0.1) is 0 Å². The first-order valence-corrected chi connectivity index (χ1v) is 14.4. The Bertz CT molecular complexity index is 1410. The molecule has 3 aliphatic rings. The molecule has 0 saturated carbocycles. The van der Waals surface area contributed by atoms with Crippen LogP contribution in [0.4, 0.5) is 17.1 Å². The number of nitrogens with zero attached hydrogens (tertiary/aromatic N) is 4. The van der Waals surface area contributed by atoms with Gasteiger partial charge in [0.2, 0.25) is 11.8 Å². The molecule has 0 radical (unpaired) electrons. The van der Waals surface area contributed by atoms with Crippen LogP contribution >= 0.6 is 0 Å². The summed E-state index contributed by atoms with van der Waals surface area (Å²) in [5.41, 5.74) is -0.252. The van der Waals surface area contributed by atoms with Crippen molar-refractivity contribution in [2.75, 3.05) is 29.5 Å². The summed E-state index contributed by atoms with van der Waals surface area (Å²) in [4.78, 5) is 54.7. The molecule has 5 rings (SSSR count). The standard InChI is InChI=1S/C31H36N4O7/c1-21(6-4-9-29(38)33-17-5-7-25(33)20-36)31(40)26-18-24(35(41)42)14-15-27(26)34(30(31)39)19-22-10-12-23(13-11-22)32-16-3-2-8-28(32)37/h4,6,10-15,18,21,25,36,40H,2-3,5,7-9,16-17,19-20H2,1H3/b6-4+/t21-,25-,31+/m0/s1. The highest BCUT2D eigenvalue weighted by Crippen LogP contribution is 2.47. The minimum atomic E-state index is -2.08. The molecule has 2 aromatic carbocycles. The number of likely N-dealkylation sites (tertiary alicyclic amines) is 1. The third kappa shape index (κ3) is 5.41. The van der Waals surface area contributed by atoms with Gasteiger partial charge in [0, 0.05) is 55.2 Å². The molecule has 3 amide bonds. The van der Waals surface area contributed by atoms with Crippen LogP contribution in [0.2, 0.25) is 0 Å². The number of rotatable bonds is 9. The molecule has 0 bridgehead atoms. The number of piperidine rings is 1. The largest absolute Gasteiger partial charge is 0.394 e. The fraction of sp³-hybridized carbons (Fsp3) is 0.452. The smallest absolute Gasteiger partial charge is 0.269 e. The lowest BCUT2D eigenvalue weighted by Crippen LogP contribution is -2.44. The Kier molecular flexibility index (Phi) is 8.42. The Morgan fingerprint density at radius 1 is 1.14 bits per heavy atom. The first-order chi connectivity index (χ1) is 20.1. The monoisotopic (exact) mass is 576 g/mol. The van der Waals surface area contributed by atoms with Gasteiger partial charge in [-0.3, -0.25) is 24.5 Å². The summed E-state index contributed by atoms with van der Waals surface area (Å²) in [5.74, 6) is -1.48. The molecule has 11 heteroatoms. The van der Waals surface area contributed by atoms with Crippen molar-refractivity contribution in [3.05, 3.63) is 75.9 Å². The zero-order valence-corrected chi connectivity index (χ0v) is 23.6. The lowest BCUT2D eigenvalue weighted by Gasteiger charge is -2.28. The zero-order chi connectivity index (χ0) is 30.0. The van der Waals surface area contributed by atoms with E-state index in [1.807, 2.05) is 24.3 Å². The van der Waals surface area contributed by atoms with E-state index in [-0.39, 0.29) is 48.7 Å². The van der Waals surface area contributed by atoms with Gasteiger partial charge in [-0.1, -0.05) is 31.2 Å². The average molecular weight is 577 g/mol. The molecule has 2 fully saturated rings. The van der Waals surface area contributed by atoms with Crippen molar-refractivity contribution in [1.82, 2.24) is 4.90 Å². The fourth-order valence-corrected chi connectivity index (χ4v) is 6.23. The summed E-state index contributed by atoms with van der Waals surface area (Å²) in [6, 6.07) is 11.2. The van der Waals surface area contributed by atoms with E-state index in [2.05, 4.69) is 0 Å². The summed E-state index contributed by atoms with van der Waals surface area (Å²) < 4.78 is 0. The van der Waals surface area contributed by atoms with Crippen LogP contribution in [0, 0.1) is 16.0 Å². The number of non-ortho nitro benzene ring substituents is 1. The van der Waals surface area contributed by atoms with E-state index >= 15 is 0 Å². The molecule has 2 N–H and O–H groups in total. The Balaban J connectivity index is 1.37. The van der Waals surface area contributed by atoms with E-state index in [1.165, 1.54) is 23.1 Å². The molecule has 0 spiro atoms. The van der Waals surface area contributed by atoms with Crippen molar-refractivity contribution in [2.45, 2.75) is 63.6 Å². The number of anilines is 2. The SMILES string of the molecule is C[C@@H](/C=C/CC(=O)N1CCC[C@H]1CO)[C@]1(O)C(=O)N(Cc2ccc(N3CCCCC3=O)cc2)c2ccc([N+](=O)[O-])cc21. The van der Waals surface area contributed by atoms with Gasteiger partial charge in [0.25, 0.3) is 11.6 Å². The van der Waals surface area contributed by atoms with Crippen LogP contribution in [-0.4, -0.2) is 63.5 Å². The maximum absolute atomic E-state index is 13.9. The average Bonchev–Trinajstić information content (AvgIpc) is 3.56.